The lowest BCUT2D eigenvalue weighted by atomic mass is 10.2. The molecule has 0 aliphatic carbocycles. The Bertz CT molecular complexity index is 471. The van der Waals surface area contributed by atoms with Gasteiger partial charge in [-0.1, -0.05) is 6.92 Å². The number of carboxylic acids is 1. The van der Waals surface area contributed by atoms with Crippen molar-refractivity contribution < 1.29 is 14.7 Å². The molecular formula is C14H22N2O3S. The fourth-order valence-electron chi connectivity index (χ4n) is 1.67. The van der Waals surface area contributed by atoms with Crippen LogP contribution in [0.2, 0.25) is 0 Å². The van der Waals surface area contributed by atoms with E-state index in [1.54, 1.807) is 6.07 Å². The summed E-state index contributed by atoms with van der Waals surface area (Å²) in [6.45, 7) is 7.09. The zero-order valence-corrected chi connectivity index (χ0v) is 13.0. The molecule has 5 nitrogen and oxygen atoms in total. The van der Waals surface area contributed by atoms with Crippen LogP contribution in [0.4, 0.5) is 0 Å². The van der Waals surface area contributed by atoms with Crippen LogP contribution in [-0.4, -0.2) is 29.6 Å². The Balaban J connectivity index is 2.31. The van der Waals surface area contributed by atoms with Gasteiger partial charge >= 0.3 is 5.97 Å². The Hall–Kier alpha value is -1.40. The number of aromatic carboxylic acids is 1. The maximum absolute atomic E-state index is 11.6. The van der Waals surface area contributed by atoms with Gasteiger partial charge in [-0.2, -0.15) is 0 Å². The molecule has 0 spiro atoms. The molecule has 0 radical (unpaired) electrons. The Labute approximate surface area is 123 Å². The normalized spacial score (nSPS) is 12.2. The van der Waals surface area contributed by atoms with E-state index in [0.717, 1.165) is 16.9 Å². The molecule has 1 aromatic heterocycles. The van der Waals surface area contributed by atoms with E-state index in [1.165, 1.54) is 11.3 Å². The van der Waals surface area contributed by atoms with E-state index in [-0.39, 0.29) is 11.9 Å². The van der Waals surface area contributed by atoms with Gasteiger partial charge in [-0.05, 0) is 31.9 Å². The van der Waals surface area contributed by atoms with Crippen LogP contribution in [0.3, 0.4) is 0 Å². The Morgan fingerprint density at radius 2 is 2.15 bits per heavy atom. The van der Waals surface area contributed by atoms with Crippen molar-refractivity contribution in [2.24, 2.45) is 0 Å². The van der Waals surface area contributed by atoms with E-state index in [1.807, 2.05) is 20.8 Å². The minimum Gasteiger partial charge on any atom is -0.477 e. The number of hydrogen-bond donors (Lipinski definition) is 3. The zero-order chi connectivity index (χ0) is 15.1. The minimum atomic E-state index is -0.891. The first-order valence-corrected chi connectivity index (χ1v) is 7.58. The second kappa shape index (κ2) is 8.01. The highest BCUT2D eigenvalue weighted by atomic mass is 32.1. The van der Waals surface area contributed by atoms with Gasteiger partial charge in [0.2, 0.25) is 5.91 Å². The smallest absolute Gasteiger partial charge is 0.345 e. The van der Waals surface area contributed by atoms with Crippen molar-refractivity contribution in [2.45, 2.75) is 46.2 Å². The Morgan fingerprint density at radius 1 is 1.45 bits per heavy atom. The van der Waals surface area contributed by atoms with Crippen LogP contribution in [-0.2, 0) is 11.3 Å². The first kappa shape index (κ1) is 16.7. The summed E-state index contributed by atoms with van der Waals surface area (Å²) < 4.78 is 0. The highest BCUT2D eigenvalue weighted by Crippen LogP contribution is 2.21. The second-order valence-corrected chi connectivity index (χ2v) is 6.06. The minimum absolute atomic E-state index is 0.0418. The molecule has 1 amide bonds. The molecule has 1 heterocycles. The molecular weight excluding hydrogens is 276 g/mol. The molecule has 0 aliphatic heterocycles. The Morgan fingerprint density at radius 3 is 2.70 bits per heavy atom. The molecule has 1 aromatic rings. The first-order chi connectivity index (χ1) is 9.43. The fraction of sp³-hybridized carbons (Fsp3) is 0.571. The quantitative estimate of drug-likeness (QED) is 0.643. The number of amides is 1. The summed E-state index contributed by atoms with van der Waals surface area (Å²) in [5.41, 5.74) is 0.981. The molecule has 1 unspecified atom stereocenters. The summed E-state index contributed by atoms with van der Waals surface area (Å²) in [5.74, 6) is -0.850. The van der Waals surface area contributed by atoms with E-state index < -0.39 is 5.97 Å². The maximum Gasteiger partial charge on any atom is 0.345 e. The monoisotopic (exact) mass is 298 g/mol. The molecule has 0 aliphatic rings. The third-order valence-electron chi connectivity index (χ3n) is 3.10. The van der Waals surface area contributed by atoms with Crippen molar-refractivity contribution in [1.82, 2.24) is 10.6 Å². The van der Waals surface area contributed by atoms with Gasteiger partial charge in [0.25, 0.3) is 0 Å². The highest BCUT2D eigenvalue weighted by Gasteiger charge is 2.11. The van der Waals surface area contributed by atoms with Gasteiger partial charge in [0.15, 0.2) is 0 Å². The van der Waals surface area contributed by atoms with E-state index in [4.69, 9.17) is 5.11 Å². The summed E-state index contributed by atoms with van der Waals surface area (Å²) in [7, 11) is 0. The van der Waals surface area contributed by atoms with Crippen molar-refractivity contribution in [3.05, 3.63) is 21.4 Å². The molecule has 20 heavy (non-hydrogen) atoms. The SMILES string of the molecule is CCC(C)NC(=O)CCNCc1cc(C(=O)O)sc1C. The van der Waals surface area contributed by atoms with Gasteiger partial charge in [-0.15, -0.1) is 11.3 Å². The van der Waals surface area contributed by atoms with Gasteiger partial charge in [0.1, 0.15) is 4.88 Å². The maximum atomic E-state index is 11.6. The average Bonchev–Trinajstić information content (AvgIpc) is 2.76. The van der Waals surface area contributed by atoms with E-state index in [0.29, 0.717) is 24.4 Å². The highest BCUT2D eigenvalue weighted by molar-refractivity contribution is 7.14. The average molecular weight is 298 g/mol. The van der Waals surface area contributed by atoms with Crippen molar-refractivity contribution in [3.8, 4) is 0 Å². The molecule has 0 fully saturated rings. The standard InChI is InChI=1S/C14H22N2O3S/c1-4-9(2)16-13(17)5-6-15-8-11-7-12(14(18)19)20-10(11)3/h7,9,15H,4-6,8H2,1-3H3,(H,16,17)(H,18,19). The van der Waals surface area contributed by atoms with Gasteiger partial charge in [0, 0.05) is 30.4 Å². The van der Waals surface area contributed by atoms with Crippen LogP contribution in [0.5, 0.6) is 0 Å². The predicted octanol–water partition coefficient (Wildman–Crippen LogP) is 2.15. The van der Waals surface area contributed by atoms with Crippen LogP contribution in [0.15, 0.2) is 6.07 Å². The van der Waals surface area contributed by atoms with Gasteiger partial charge in [-0.25, -0.2) is 4.79 Å². The lowest BCUT2D eigenvalue weighted by molar-refractivity contribution is -0.121. The third kappa shape index (κ3) is 5.30. The number of aryl methyl sites for hydroxylation is 1. The largest absolute Gasteiger partial charge is 0.477 e. The number of rotatable bonds is 8. The van der Waals surface area contributed by atoms with Crippen LogP contribution in [0.25, 0.3) is 0 Å². The van der Waals surface area contributed by atoms with Crippen LogP contribution in [0, 0.1) is 6.92 Å². The van der Waals surface area contributed by atoms with Crippen LogP contribution < -0.4 is 10.6 Å². The molecule has 3 N–H and O–H groups in total. The summed E-state index contributed by atoms with van der Waals surface area (Å²) in [6, 6.07) is 1.90. The van der Waals surface area contributed by atoms with Crippen LogP contribution in [0.1, 0.15) is 46.8 Å². The van der Waals surface area contributed by atoms with Crippen LogP contribution >= 0.6 is 11.3 Å². The third-order valence-corrected chi connectivity index (χ3v) is 4.18. The molecule has 0 saturated carbocycles. The van der Waals surface area contributed by atoms with Crippen molar-refractivity contribution in [1.29, 1.82) is 0 Å². The summed E-state index contributed by atoms with van der Waals surface area (Å²) in [5, 5.41) is 15.0. The predicted molar refractivity (Wildman–Crippen MR) is 80.2 cm³/mol. The molecule has 1 rings (SSSR count). The van der Waals surface area contributed by atoms with Crippen molar-refractivity contribution >= 4 is 23.2 Å². The zero-order valence-electron chi connectivity index (χ0n) is 12.2. The lowest BCUT2D eigenvalue weighted by Gasteiger charge is -2.11. The first-order valence-electron chi connectivity index (χ1n) is 6.76. The van der Waals surface area contributed by atoms with Crippen molar-refractivity contribution in [2.75, 3.05) is 6.54 Å². The molecule has 6 heteroatoms. The number of hydrogen-bond acceptors (Lipinski definition) is 4. The van der Waals surface area contributed by atoms with Gasteiger partial charge < -0.3 is 15.7 Å². The van der Waals surface area contributed by atoms with Crippen molar-refractivity contribution in [3.63, 3.8) is 0 Å². The molecule has 1 atom stereocenters. The topological polar surface area (TPSA) is 78.4 Å². The number of thiophene rings is 1. The lowest BCUT2D eigenvalue weighted by Crippen LogP contribution is -2.33. The Kier molecular flexibility index (Phi) is 6.67. The molecule has 0 saturated heterocycles. The van der Waals surface area contributed by atoms with E-state index in [2.05, 4.69) is 10.6 Å². The molecule has 0 aromatic carbocycles. The second-order valence-electron chi connectivity index (χ2n) is 4.80. The fourth-order valence-corrected chi connectivity index (χ4v) is 2.56. The molecule has 0 bridgehead atoms. The van der Waals surface area contributed by atoms with E-state index in [9.17, 15) is 9.59 Å². The van der Waals surface area contributed by atoms with Gasteiger partial charge in [-0.3, -0.25) is 4.79 Å². The number of carboxylic acid groups (broad SMARTS) is 1. The number of nitrogens with one attached hydrogen (secondary N) is 2. The summed E-state index contributed by atoms with van der Waals surface area (Å²) >= 11 is 1.28. The van der Waals surface area contributed by atoms with E-state index >= 15 is 0 Å². The number of carbonyl (C=O) groups is 2. The summed E-state index contributed by atoms with van der Waals surface area (Å²) in [6.07, 6.45) is 1.35. The molecule has 112 valence electrons. The summed E-state index contributed by atoms with van der Waals surface area (Å²) in [4.78, 5) is 23.8. The van der Waals surface area contributed by atoms with Gasteiger partial charge in [0.05, 0.1) is 0 Å². The number of carbonyl (C=O) groups excluding carboxylic acids is 1.